The topological polar surface area (TPSA) is 46.5 Å². The van der Waals surface area contributed by atoms with Crippen LogP contribution in [0.1, 0.15) is 143 Å². The summed E-state index contributed by atoms with van der Waals surface area (Å²) in [6.07, 6.45) is 24.1. The molecule has 4 rings (SSSR count). The second-order valence-corrected chi connectivity index (χ2v) is 19.3. The maximum atomic E-state index is 13.2. The first kappa shape index (κ1) is 36.7. The van der Waals surface area contributed by atoms with E-state index >= 15 is 0 Å². The Morgan fingerprint density at radius 2 is 1.24 bits per heavy atom. The van der Waals surface area contributed by atoms with Crippen molar-refractivity contribution in [2.45, 2.75) is 154 Å². The Labute approximate surface area is 282 Å². The monoisotopic (exact) mass is 644 g/mol. The lowest BCUT2D eigenvalue weighted by molar-refractivity contribution is -0.146. The largest absolute Gasteiger partial charge is 0.459 e. The maximum absolute atomic E-state index is 13.2. The third-order valence-electron chi connectivity index (χ3n) is 11.7. The zero-order valence-corrected chi connectivity index (χ0v) is 30.5. The zero-order valence-electron chi connectivity index (χ0n) is 29.5. The number of carbonyl (C=O) groups is 1. The van der Waals surface area contributed by atoms with Crippen molar-refractivity contribution in [2.24, 2.45) is 17.8 Å². The fourth-order valence-corrected chi connectivity index (χ4v) is 12.2. The Balaban J connectivity index is 1.16. The lowest BCUT2D eigenvalue weighted by Gasteiger charge is -2.41. The Morgan fingerprint density at radius 3 is 1.76 bits per heavy atom. The highest BCUT2D eigenvalue weighted by Gasteiger charge is 2.49. The molecule has 0 heterocycles. The molecule has 2 fully saturated rings. The van der Waals surface area contributed by atoms with Crippen LogP contribution in [-0.2, 0) is 9.53 Å². The maximum Gasteiger partial charge on any atom is 0.333 e. The summed E-state index contributed by atoms with van der Waals surface area (Å²) in [5, 5.41) is 1.57. The van der Waals surface area contributed by atoms with E-state index in [0.717, 1.165) is 41.0 Å². The smallest absolute Gasteiger partial charge is 0.333 e. The first-order chi connectivity index (χ1) is 22.2. The van der Waals surface area contributed by atoms with Crippen LogP contribution < -0.4 is 10.4 Å². The average Bonchev–Trinajstić information content (AvgIpc) is 3.09. The van der Waals surface area contributed by atoms with Gasteiger partial charge in [0.2, 0.25) is 0 Å². The lowest BCUT2D eigenvalue weighted by atomic mass is 9.70. The average molecular weight is 645 g/mol. The fourth-order valence-electron chi connectivity index (χ4n) is 8.48. The van der Waals surface area contributed by atoms with Crippen molar-refractivity contribution < 1.29 is 14.3 Å². The van der Waals surface area contributed by atoms with Crippen LogP contribution in [0.25, 0.3) is 0 Å². The van der Waals surface area contributed by atoms with Crippen LogP contribution in [-0.4, -0.2) is 25.2 Å². The molecule has 3 nitrogen and oxygen atoms in total. The van der Waals surface area contributed by atoms with E-state index in [2.05, 4.69) is 27.4 Å². The molecule has 2 saturated carbocycles. The van der Waals surface area contributed by atoms with Crippen LogP contribution in [0.2, 0.25) is 5.04 Å². The highest BCUT2D eigenvalue weighted by atomic mass is 28.4. The van der Waals surface area contributed by atoms with Gasteiger partial charge >= 0.3 is 5.97 Å². The zero-order chi connectivity index (χ0) is 32.8. The molecule has 1 N–H and O–H groups in total. The van der Waals surface area contributed by atoms with Crippen molar-refractivity contribution in [1.82, 2.24) is 0 Å². The molecule has 0 bridgehead atoms. The van der Waals surface area contributed by atoms with Crippen LogP contribution >= 0.6 is 0 Å². The van der Waals surface area contributed by atoms with Gasteiger partial charge in [0.15, 0.2) is 0 Å². The van der Waals surface area contributed by atoms with E-state index in [1.807, 2.05) is 60.7 Å². The number of unbranched alkanes of at least 4 members (excludes halogenated alkanes) is 7. The first-order valence-electron chi connectivity index (χ1n) is 19.0. The Bertz CT molecular complexity index is 1120. The molecule has 46 heavy (non-hydrogen) atoms. The molecule has 0 spiro atoms. The minimum Gasteiger partial charge on any atom is -0.459 e. The summed E-state index contributed by atoms with van der Waals surface area (Å²) in [7, 11) is -3.11. The van der Waals surface area contributed by atoms with Crippen LogP contribution in [0.15, 0.2) is 72.8 Å². The summed E-state index contributed by atoms with van der Waals surface area (Å²) in [6, 6.07) is 20.2. The number of hydrogen-bond acceptors (Lipinski definition) is 3. The van der Waals surface area contributed by atoms with Gasteiger partial charge in [0.05, 0.1) is 0 Å². The van der Waals surface area contributed by atoms with Crippen molar-refractivity contribution in [3.05, 3.63) is 72.8 Å². The minimum absolute atomic E-state index is 0.0202. The van der Waals surface area contributed by atoms with Gasteiger partial charge in [0.1, 0.15) is 6.10 Å². The lowest BCUT2D eigenvalue weighted by Crippen LogP contribution is -2.65. The standard InChI is InChI=1S/C42H64O3Si/c1-5-6-7-8-9-10-11-14-19-35-24-26-36(27-25-35)37-28-30-38(31-29-37)45-41(43)34(2)32-33-42(3,4)46(44,39-20-15-12-16-21-39)40-22-17-13-18-23-40/h12-13,15-18,20-23,35-38,44H,2,5-11,14,19,24-33H2,1,3-4H3. The molecule has 2 aliphatic rings. The summed E-state index contributed by atoms with van der Waals surface area (Å²) in [5.41, 5.74) is 0.530. The van der Waals surface area contributed by atoms with Gasteiger partial charge in [-0.25, -0.2) is 4.79 Å². The Morgan fingerprint density at radius 1 is 0.761 bits per heavy atom. The van der Waals surface area contributed by atoms with E-state index < -0.39 is 13.4 Å². The predicted octanol–water partition coefficient (Wildman–Crippen LogP) is 10.3. The molecule has 2 aromatic rings. The molecule has 254 valence electrons. The van der Waals surface area contributed by atoms with Crippen LogP contribution in [0.3, 0.4) is 0 Å². The minimum atomic E-state index is -3.11. The van der Waals surface area contributed by atoms with Crippen LogP contribution in [0.4, 0.5) is 0 Å². The summed E-state index contributed by atoms with van der Waals surface area (Å²) in [5.74, 6) is 2.40. The van der Waals surface area contributed by atoms with Crippen molar-refractivity contribution in [1.29, 1.82) is 0 Å². The molecular formula is C42H64O3Si. The van der Waals surface area contributed by atoms with Gasteiger partial charge in [-0.2, -0.15) is 0 Å². The van der Waals surface area contributed by atoms with Gasteiger partial charge in [-0.05, 0) is 84.5 Å². The Hall–Kier alpha value is -2.17. The highest BCUT2D eigenvalue weighted by Crippen LogP contribution is 2.43. The fraction of sp³-hybridized carbons (Fsp3) is 0.643. The molecule has 0 unspecified atom stereocenters. The number of ether oxygens (including phenoxy) is 1. The van der Waals surface area contributed by atoms with Gasteiger partial charge in [0.25, 0.3) is 8.32 Å². The molecule has 0 atom stereocenters. The van der Waals surface area contributed by atoms with E-state index in [4.69, 9.17) is 4.74 Å². The van der Waals surface area contributed by atoms with Gasteiger partial charge in [0, 0.05) is 5.57 Å². The molecule has 0 aromatic heterocycles. The summed E-state index contributed by atoms with van der Waals surface area (Å²) >= 11 is 0. The van der Waals surface area contributed by atoms with Crippen molar-refractivity contribution in [2.75, 3.05) is 0 Å². The molecule has 0 amide bonds. The summed E-state index contributed by atoms with van der Waals surface area (Å²) in [4.78, 5) is 25.6. The first-order valence-corrected chi connectivity index (χ1v) is 20.9. The van der Waals surface area contributed by atoms with Crippen molar-refractivity contribution >= 4 is 24.7 Å². The normalized spacial score (nSPS) is 22.3. The molecule has 2 aliphatic carbocycles. The molecular weight excluding hydrogens is 581 g/mol. The SMILES string of the molecule is C=C(CCC(C)(C)[Si](O)(c1ccccc1)c1ccccc1)C(=O)OC1CCC(C2CCC(CCCCCCCCCC)CC2)CC1. The van der Waals surface area contributed by atoms with Crippen molar-refractivity contribution in [3.8, 4) is 0 Å². The summed E-state index contributed by atoms with van der Waals surface area (Å²) < 4.78 is 6.03. The van der Waals surface area contributed by atoms with Gasteiger partial charge in [-0.3, -0.25) is 0 Å². The number of hydrogen-bond donors (Lipinski definition) is 1. The second kappa shape index (κ2) is 18.4. The van der Waals surface area contributed by atoms with E-state index in [0.29, 0.717) is 18.4 Å². The molecule has 0 radical (unpaired) electrons. The molecule has 0 aliphatic heterocycles. The number of esters is 1. The van der Waals surface area contributed by atoms with Crippen LogP contribution in [0.5, 0.6) is 0 Å². The highest BCUT2D eigenvalue weighted by molar-refractivity contribution is 6.98. The van der Waals surface area contributed by atoms with Crippen molar-refractivity contribution in [3.63, 3.8) is 0 Å². The third-order valence-corrected chi connectivity index (χ3v) is 16.3. The number of rotatable bonds is 18. The molecule has 0 saturated heterocycles. The summed E-state index contributed by atoms with van der Waals surface area (Å²) in [6.45, 7) is 10.7. The van der Waals surface area contributed by atoms with Crippen LogP contribution in [0, 0.1) is 17.8 Å². The molecule has 4 heteroatoms. The van der Waals surface area contributed by atoms with Gasteiger partial charge < -0.3 is 9.53 Å². The number of benzene rings is 2. The third kappa shape index (κ3) is 10.2. The van der Waals surface area contributed by atoms with Gasteiger partial charge in [-0.15, -0.1) is 0 Å². The quantitative estimate of drug-likeness (QED) is 0.0760. The predicted molar refractivity (Wildman–Crippen MR) is 197 cm³/mol. The van der Waals surface area contributed by atoms with E-state index in [-0.39, 0.29) is 12.1 Å². The van der Waals surface area contributed by atoms with E-state index in [1.165, 1.54) is 96.3 Å². The molecule has 2 aromatic carbocycles. The second-order valence-electron chi connectivity index (χ2n) is 15.4. The number of carbonyl (C=O) groups excluding carboxylic acids is 1. The van der Waals surface area contributed by atoms with E-state index in [1.54, 1.807) is 0 Å². The van der Waals surface area contributed by atoms with E-state index in [9.17, 15) is 9.59 Å². The van der Waals surface area contributed by atoms with Gasteiger partial charge in [-0.1, -0.05) is 159 Å². The Kier molecular flexibility index (Phi) is 14.7.